The van der Waals surface area contributed by atoms with E-state index in [9.17, 15) is 36.0 Å². The Hall–Kier alpha value is -5.30. The topological polar surface area (TPSA) is 296 Å². The van der Waals surface area contributed by atoms with Crippen molar-refractivity contribution in [1.29, 1.82) is 0 Å². The summed E-state index contributed by atoms with van der Waals surface area (Å²) in [6.07, 6.45) is 10.1. The monoisotopic (exact) mass is 1360 g/mol. The van der Waals surface area contributed by atoms with Crippen LogP contribution in [-0.4, -0.2) is 113 Å². The Morgan fingerprint density at radius 3 is 1.58 bits per heavy atom. The molecule has 28 heteroatoms. The molecule has 2 aliphatic heterocycles. The average molecular weight is 1370 g/mol. The van der Waals surface area contributed by atoms with Crippen LogP contribution in [0.15, 0.2) is 92.7 Å². The molecule has 2 aliphatic carbocycles. The summed E-state index contributed by atoms with van der Waals surface area (Å²) >= 11 is 9.42. The number of aromatic nitrogens is 2. The highest BCUT2D eigenvalue weighted by atomic mass is 79.9. The summed E-state index contributed by atoms with van der Waals surface area (Å²) in [5.74, 6) is 0.741. The van der Waals surface area contributed by atoms with E-state index in [-0.39, 0.29) is 46.1 Å². The van der Waals surface area contributed by atoms with Gasteiger partial charge in [0, 0.05) is 64.7 Å². The number of thiazole rings is 2. The summed E-state index contributed by atoms with van der Waals surface area (Å²) in [6, 6.07) is 18.4. The Morgan fingerprint density at radius 1 is 0.631 bits per heavy atom. The molecule has 2 saturated carbocycles. The summed E-state index contributed by atoms with van der Waals surface area (Å²) in [7, 11) is -7.60. The van der Waals surface area contributed by atoms with Gasteiger partial charge in [0.1, 0.15) is 0 Å². The van der Waals surface area contributed by atoms with E-state index in [0.29, 0.717) is 61.4 Å². The van der Waals surface area contributed by atoms with Gasteiger partial charge in [0.15, 0.2) is 12.2 Å². The molecule has 458 valence electrons. The highest BCUT2D eigenvalue weighted by Crippen LogP contribution is 2.41. The standard InChI is InChI=1S/C31H39N5O6S2.C13H17BrN2O3S.C12H18BrN3O3S/c1-31(2,3)36-44(39,40)27-15-23(34-29(37)33-16-20-7-5-4-6-8-20)13-14-25(27)26-17-32-28(43-26)21-9-11-22(12-10-21)35-30(38)42-24-18-41-19-24;14-11-5-15-12(20-11)8-1-3-9(4-2-8)16-13(17)19-10-6-18-7-10;1-8-5-6-9(14-11(17)15-13)7-10(8)20(18,19)16-12(2,3)4/h4-8,13-15,17,21-22,24,36H,9-12,16,18-19H2,1-3H3,(H,35,38)(H2,33,34,37);5,8-10H,1-4,6-7H2,(H,16,17);5-7,16H,1-4H3,(H2,14,15,17). The SMILES string of the molecule is CC(C)(C)NS(=O)(=O)c1cc(NC(=O)NCc2ccccc2)ccc1-c1cnc(C2CCC(NC(=O)OC3COC3)CC2)s1.Cc1ccc(NC(=O)NBr)cc1S(=O)(=O)NC(C)(C)C.O=C(NC1CCC(c2ncc(Br)s2)CC1)OC1COC1. The van der Waals surface area contributed by atoms with Gasteiger partial charge in [-0.1, -0.05) is 42.5 Å². The highest BCUT2D eigenvalue weighted by Gasteiger charge is 2.32. The average Bonchev–Trinajstić information content (AvgIpc) is 2.85. The van der Waals surface area contributed by atoms with Gasteiger partial charge < -0.3 is 45.5 Å². The van der Waals surface area contributed by atoms with E-state index in [0.717, 1.165) is 70.6 Å². The predicted octanol–water partition coefficient (Wildman–Crippen LogP) is 10.9. The molecule has 2 saturated heterocycles. The molecule has 4 aliphatic rings. The van der Waals surface area contributed by atoms with Crippen LogP contribution < -0.4 is 40.4 Å². The maximum Gasteiger partial charge on any atom is 0.407 e. The van der Waals surface area contributed by atoms with E-state index in [4.69, 9.17) is 18.9 Å². The van der Waals surface area contributed by atoms with Crippen LogP contribution in [0, 0.1) is 6.92 Å². The Kier molecular flexibility index (Phi) is 23.6. The number of hydrogen-bond acceptors (Lipinski definition) is 16. The summed E-state index contributed by atoms with van der Waals surface area (Å²) < 4.78 is 81.0. The van der Waals surface area contributed by atoms with Gasteiger partial charge in [0.25, 0.3) is 0 Å². The third-order valence-electron chi connectivity index (χ3n) is 13.4. The van der Waals surface area contributed by atoms with Crippen molar-refractivity contribution >= 4 is 110 Å². The first-order valence-corrected chi connectivity index (χ1v) is 33.7. The van der Waals surface area contributed by atoms with E-state index >= 15 is 0 Å². The number of sulfonamides is 2. The van der Waals surface area contributed by atoms with Crippen LogP contribution in [-0.2, 0) is 45.5 Å². The summed E-state index contributed by atoms with van der Waals surface area (Å²) in [5.41, 5.74) is 1.51. The van der Waals surface area contributed by atoms with Crippen LogP contribution in [0.2, 0.25) is 0 Å². The van der Waals surface area contributed by atoms with Crippen molar-refractivity contribution in [2.45, 2.75) is 163 Å². The molecule has 5 aromatic rings. The number of nitrogens with zero attached hydrogens (tertiary/aromatic N) is 2. The molecule has 0 spiro atoms. The molecular formula is C56H74Br2N10O12S4. The number of hydrogen-bond donors (Lipinski definition) is 8. The van der Waals surface area contributed by atoms with Crippen molar-refractivity contribution in [2.24, 2.45) is 0 Å². The zero-order valence-corrected chi connectivity index (χ0v) is 54.3. The first-order valence-electron chi connectivity index (χ1n) is 27.5. The van der Waals surface area contributed by atoms with Crippen molar-refractivity contribution in [3.8, 4) is 10.4 Å². The maximum absolute atomic E-state index is 13.6. The van der Waals surface area contributed by atoms with Crippen molar-refractivity contribution < 1.29 is 55.0 Å². The van der Waals surface area contributed by atoms with Gasteiger partial charge in [-0.25, -0.2) is 55.4 Å². The number of nitrogens with one attached hydrogen (secondary N) is 8. The largest absolute Gasteiger partial charge is 0.441 e. The Morgan fingerprint density at radius 2 is 1.11 bits per heavy atom. The number of halogens is 2. The maximum atomic E-state index is 13.6. The number of urea groups is 2. The van der Waals surface area contributed by atoms with E-state index < -0.39 is 49.3 Å². The molecule has 8 N–H and O–H groups in total. The lowest BCUT2D eigenvalue weighted by Gasteiger charge is -2.30. The quantitative estimate of drug-likeness (QED) is 0.0452. The van der Waals surface area contributed by atoms with Crippen LogP contribution in [0.25, 0.3) is 10.4 Å². The van der Waals surface area contributed by atoms with E-state index in [2.05, 4.69) is 82.4 Å². The molecule has 22 nitrogen and oxygen atoms in total. The zero-order chi connectivity index (χ0) is 60.8. The van der Waals surface area contributed by atoms with Crippen LogP contribution in [0.4, 0.5) is 30.6 Å². The van der Waals surface area contributed by atoms with E-state index in [1.807, 2.05) is 36.5 Å². The zero-order valence-electron chi connectivity index (χ0n) is 47.8. The minimum Gasteiger partial charge on any atom is -0.441 e. The van der Waals surface area contributed by atoms with Gasteiger partial charge >= 0.3 is 24.2 Å². The number of benzene rings is 3. The molecule has 4 heterocycles. The molecule has 3 aromatic carbocycles. The molecule has 0 bridgehead atoms. The minimum absolute atomic E-state index is 0.0457. The Balaban J connectivity index is 0.000000209. The minimum atomic E-state index is -3.95. The number of anilines is 2. The molecule has 4 fully saturated rings. The van der Waals surface area contributed by atoms with Crippen molar-refractivity contribution in [3.63, 3.8) is 0 Å². The molecule has 2 aromatic heterocycles. The third kappa shape index (κ3) is 20.7. The van der Waals surface area contributed by atoms with Crippen molar-refractivity contribution in [1.82, 2.24) is 39.7 Å². The lowest BCUT2D eigenvalue weighted by molar-refractivity contribution is -0.0985. The predicted molar refractivity (Wildman–Crippen MR) is 331 cm³/mol. The summed E-state index contributed by atoms with van der Waals surface area (Å²) in [4.78, 5) is 57.7. The normalized spacial score (nSPS) is 19.2. The third-order valence-corrected chi connectivity index (χ3v) is 20.3. The van der Waals surface area contributed by atoms with E-state index in [1.54, 1.807) is 90.3 Å². The molecule has 0 atom stereocenters. The first-order chi connectivity index (χ1) is 39.7. The molecule has 0 radical (unpaired) electrons. The Bertz CT molecular complexity index is 3260. The van der Waals surface area contributed by atoms with Crippen LogP contribution >= 0.6 is 54.8 Å². The number of aryl methyl sites for hydroxylation is 1. The lowest BCUT2D eigenvalue weighted by atomic mass is 9.86. The molecule has 6 amide bonds. The summed E-state index contributed by atoms with van der Waals surface area (Å²) in [6.45, 7) is 14.6. The number of rotatable bonds is 15. The number of carbonyl (C=O) groups is 4. The fourth-order valence-corrected chi connectivity index (χ4v) is 15.4. The number of carbonyl (C=O) groups excluding carboxylic acids is 4. The van der Waals surface area contributed by atoms with Gasteiger partial charge in [-0.15, -0.1) is 22.7 Å². The fraction of sp³-hybridized carbons (Fsp3) is 0.500. The fourth-order valence-electron chi connectivity index (χ4n) is 9.31. The van der Waals surface area contributed by atoms with Crippen LogP contribution in [0.5, 0.6) is 0 Å². The van der Waals surface area contributed by atoms with Gasteiger partial charge in [-0.2, -0.15) is 0 Å². The van der Waals surface area contributed by atoms with Gasteiger partial charge in [-0.3, -0.25) is 4.34 Å². The van der Waals surface area contributed by atoms with Crippen LogP contribution in [0.1, 0.15) is 126 Å². The molecule has 0 unspecified atom stereocenters. The van der Waals surface area contributed by atoms with Crippen molar-refractivity contribution in [3.05, 3.63) is 104 Å². The lowest BCUT2D eigenvalue weighted by Crippen LogP contribution is -2.44. The first kappa shape index (κ1) is 66.2. The summed E-state index contributed by atoms with van der Waals surface area (Å²) in [5, 5.41) is 16.1. The second-order valence-corrected chi connectivity index (χ2v) is 30.0. The van der Waals surface area contributed by atoms with Crippen molar-refractivity contribution in [2.75, 3.05) is 37.1 Å². The molecule has 84 heavy (non-hydrogen) atoms. The van der Waals surface area contributed by atoms with Gasteiger partial charge in [0.05, 0.1) is 77.2 Å². The van der Waals surface area contributed by atoms with E-state index in [1.165, 1.54) is 28.5 Å². The Labute approximate surface area is 516 Å². The number of alkyl carbamates (subject to hydrolysis) is 2. The molecule has 9 rings (SSSR count). The van der Waals surface area contributed by atoms with Gasteiger partial charge in [-0.05, 0) is 151 Å². The number of ether oxygens (including phenoxy) is 4. The molecular weight excluding hydrogens is 1290 g/mol. The second-order valence-electron chi connectivity index (χ2n) is 22.8. The number of amides is 6. The second kappa shape index (κ2) is 29.9. The van der Waals surface area contributed by atoms with Crippen LogP contribution in [0.3, 0.4) is 0 Å². The highest BCUT2D eigenvalue weighted by molar-refractivity contribution is 9.11. The smallest absolute Gasteiger partial charge is 0.407 e. The van der Waals surface area contributed by atoms with Gasteiger partial charge in [0.2, 0.25) is 20.0 Å².